The topological polar surface area (TPSA) is 40.5 Å². The number of benzene rings is 2. The van der Waals surface area contributed by atoms with E-state index in [0.29, 0.717) is 17.4 Å². The minimum atomic E-state index is 0.0531. The molecule has 2 N–H and O–H groups in total. The lowest BCUT2D eigenvalue weighted by Crippen LogP contribution is -2.40. The van der Waals surface area contributed by atoms with Crippen LogP contribution in [0.15, 0.2) is 48.5 Å². The lowest BCUT2D eigenvalue weighted by Gasteiger charge is -2.44. The number of phenolic OH excluding ortho intramolecular Hbond substituents is 2. The second kappa shape index (κ2) is 5.02. The van der Waals surface area contributed by atoms with Gasteiger partial charge in [-0.1, -0.05) is 30.7 Å². The smallest absolute Gasteiger partial charge is 0.115 e. The largest absolute Gasteiger partial charge is 0.508 e. The summed E-state index contributed by atoms with van der Waals surface area (Å²) >= 11 is 0. The van der Waals surface area contributed by atoms with Crippen molar-refractivity contribution in [3.05, 3.63) is 59.7 Å². The van der Waals surface area contributed by atoms with Crippen LogP contribution in [-0.4, -0.2) is 10.2 Å². The van der Waals surface area contributed by atoms with Crippen molar-refractivity contribution in [3.63, 3.8) is 0 Å². The SMILES string of the molecule is Oc1ccc(C2(c3ccc(O)cc3)C[C@H]3C[C@@H]2[C@@H]2CCC[C@@H]32)cc1. The molecule has 0 unspecified atom stereocenters. The second-order valence-corrected chi connectivity index (χ2v) is 8.13. The molecule has 3 saturated carbocycles. The van der Waals surface area contributed by atoms with Gasteiger partial charge in [-0.25, -0.2) is 0 Å². The molecule has 4 atom stereocenters. The summed E-state index contributed by atoms with van der Waals surface area (Å²) in [5, 5.41) is 19.5. The van der Waals surface area contributed by atoms with Crippen LogP contribution < -0.4 is 0 Å². The van der Waals surface area contributed by atoms with E-state index in [2.05, 4.69) is 24.3 Å². The minimum Gasteiger partial charge on any atom is -0.508 e. The maximum Gasteiger partial charge on any atom is 0.115 e. The van der Waals surface area contributed by atoms with E-state index >= 15 is 0 Å². The Hall–Kier alpha value is -1.96. The van der Waals surface area contributed by atoms with E-state index in [1.54, 1.807) is 0 Å². The van der Waals surface area contributed by atoms with Gasteiger partial charge in [0.05, 0.1) is 0 Å². The van der Waals surface area contributed by atoms with Crippen molar-refractivity contribution in [2.45, 2.75) is 37.5 Å². The van der Waals surface area contributed by atoms with Crippen LogP contribution in [-0.2, 0) is 5.41 Å². The normalized spacial score (nSPS) is 32.8. The lowest BCUT2D eigenvalue weighted by atomic mass is 9.59. The molecule has 124 valence electrons. The molecule has 0 saturated heterocycles. The quantitative estimate of drug-likeness (QED) is 0.831. The van der Waals surface area contributed by atoms with Crippen LogP contribution in [0.3, 0.4) is 0 Å². The predicted octanol–water partition coefficient (Wildman–Crippen LogP) is 4.84. The third-order valence-corrected chi connectivity index (χ3v) is 7.29. The van der Waals surface area contributed by atoms with Gasteiger partial charge in [0.25, 0.3) is 0 Å². The number of phenols is 2. The van der Waals surface area contributed by atoms with Gasteiger partial charge in [-0.2, -0.15) is 0 Å². The molecule has 3 fully saturated rings. The molecule has 2 bridgehead atoms. The molecular formula is C22H24O2. The summed E-state index contributed by atoms with van der Waals surface area (Å²) in [5.74, 6) is 4.00. The summed E-state index contributed by atoms with van der Waals surface area (Å²) in [6.07, 6.45) is 6.76. The first-order valence-electron chi connectivity index (χ1n) is 9.27. The van der Waals surface area contributed by atoms with Gasteiger partial charge in [0.2, 0.25) is 0 Å². The molecule has 0 heterocycles. The van der Waals surface area contributed by atoms with Crippen molar-refractivity contribution in [1.29, 1.82) is 0 Å². The maximum absolute atomic E-state index is 9.74. The van der Waals surface area contributed by atoms with E-state index in [-0.39, 0.29) is 5.41 Å². The number of aromatic hydroxyl groups is 2. The first kappa shape index (κ1) is 14.4. The average Bonchev–Trinajstić information content (AvgIpc) is 3.28. The van der Waals surface area contributed by atoms with Gasteiger partial charge < -0.3 is 10.2 Å². The number of fused-ring (bicyclic) bond motifs is 5. The highest BCUT2D eigenvalue weighted by atomic mass is 16.3. The second-order valence-electron chi connectivity index (χ2n) is 8.13. The van der Waals surface area contributed by atoms with Crippen molar-refractivity contribution in [1.82, 2.24) is 0 Å². The number of hydrogen-bond donors (Lipinski definition) is 2. The highest BCUT2D eigenvalue weighted by molar-refractivity contribution is 5.46. The molecule has 3 aliphatic carbocycles. The first-order chi connectivity index (χ1) is 11.7. The zero-order valence-corrected chi connectivity index (χ0v) is 13.9. The molecule has 2 aromatic rings. The van der Waals surface area contributed by atoms with Crippen molar-refractivity contribution in [2.75, 3.05) is 0 Å². The van der Waals surface area contributed by atoms with E-state index in [9.17, 15) is 10.2 Å². The third-order valence-electron chi connectivity index (χ3n) is 7.29. The zero-order valence-electron chi connectivity index (χ0n) is 13.9. The Bertz CT molecular complexity index is 701. The van der Waals surface area contributed by atoms with E-state index in [1.807, 2.05) is 24.3 Å². The van der Waals surface area contributed by atoms with Gasteiger partial charge in [-0.3, -0.25) is 0 Å². The summed E-state index contributed by atoms with van der Waals surface area (Å²) in [7, 11) is 0. The molecular weight excluding hydrogens is 296 g/mol. The van der Waals surface area contributed by atoms with Gasteiger partial charge >= 0.3 is 0 Å². The van der Waals surface area contributed by atoms with E-state index in [0.717, 1.165) is 17.8 Å². The Balaban J connectivity index is 1.67. The molecule has 24 heavy (non-hydrogen) atoms. The fourth-order valence-electron chi connectivity index (χ4n) is 6.49. The minimum absolute atomic E-state index is 0.0531. The molecule has 0 aromatic heterocycles. The summed E-state index contributed by atoms with van der Waals surface area (Å²) in [5.41, 5.74) is 2.73. The van der Waals surface area contributed by atoms with Gasteiger partial charge in [0.15, 0.2) is 0 Å². The molecule has 5 rings (SSSR count). The van der Waals surface area contributed by atoms with E-state index < -0.39 is 0 Å². The summed E-state index contributed by atoms with van der Waals surface area (Å²) in [6, 6.07) is 15.8. The zero-order chi connectivity index (χ0) is 16.3. The van der Waals surface area contributed by atoms with Crippen LogP contribution in [0.1, 0.15) is 43.2 Å². The van der Waals surface area contributed by atoms with E-state index in [4.69, 9.17) is 0 Å². The van der Waals surface area contributed by atoms with Crippen LogP contribution in [0, 0.1) is 23.7 Å². The fourth-order valence-corrected chi connectivity index (χ4v) is 6.49. The maximum atomic E-state index is 9.74. The standard InChI is InChI=1S/C22H24O2/c23-17-8-4-15(5-9-17)22(16-6-10-18(24)11-7-16)13-14-12-21(22)20-3-1-2-19(14)20/h4-11,14,19-21,23-24H,1-3,12-13H2/t14-,19+,20-,21-/m1/s1. The van der Waals surface area contributed by atoms with Crippen LogP contribution in [0.5, 0.6) is 11.5 Å². The highest BCUT2D eigenvalue weighted by Crippen LogP contribution is 2.68. The van der Waals surface area contributed by atoms with Gasteiger partial charge in [0.1, 0.15) is 11.5 Å². The van der Waals surface area contributed by atoms with Gasteiger partial charge in [0, 0.05) is 5.41 Å². The number of rotatable bonds is 2. The van der Waals surface area contributed by atoms with Crippen molar-refractivity contribution >= 4 is 0 Å². The Morgan fingerprint density at radius 3 is 1.88 bits per heavy atom. The molecule has 3 aliphatic rings. The summed E-state index contributed by atoms with van der Waals surface area (Å²) in [6.45, 7) is 0. The highest BCUT2D eigenvalue weighted by Gasteiger charge is 2.61. The molecule has 2 nitrogen and oxygen atoms in total. The molecule has 0 amide bonds. The van der Waals surface area contributed by atoms with Crippen LogP contribution >= 0.6 is 0 Å². The summed E-state index contributed by atoms with van der Waals surface area (Å²) in [4.78, 5) is 0. The fraction of sp³-hybridized carbons (Fsp3) is 0.455. The predicted molar refractivity (Wildman–Crippen MR) is 94.0 cm³/mol. The van der Waals surface area contributed by atoms with Gasteiger partial charge in [-0.05, 0) is 84.7 Å². The molecule has 0 aliphatic heterocycles. The molecule has 2 heteroatoms. The Labute approximate surface area is 143 Å². The Kier molecular flexibility index (Phi) is 3.01. The average molecular weight is 320 g/mol. The molecule has 2 aromatic carbocycles. The van der Waals surface area contributed by atoms with Crippen molar-refractivity contribution in [2.24, 2.45) is 23.7 Å². The Morgan fingerprint density at radius 1 is 0.750 bits per heavy atom. The molecule has 0 radical (unpaired) electrons. The Morgan fingerprint density at radius 2 is 1.29 bits per heavy atom. The lowest BCUT2D eigenvalue weighted by molar-refractivity contribution is 0.181. The van der Waals surface area contributed by atoms with Crippen LogP contribution in [0.2, 0.25) is 0 Å². The number of hydrogen-bond acceptors (Lipinski definition) is 2. The third kappa shape index (κ3) is 1.83. The van der Waals surface area contributed by atoms with Crippen LogP contribution in [0.25, 0.3) is 0 Å². The van der Waals surface area contributed by atoms with Gasteiger partial charge in [-0.15, -0.1) is 0 Å². The monoisotopic (exact) mass is 320 g/mol. The van der Waals surface area contributed by atoms with E-state index in [1.165, 1.54) is 43.2 Å². The van der Waals surface area contributed by atoms with Crippen LogP contribution in [0.4, 0.5) is 0 Å². The first-order valence-corrected chi connectivity index (χ1v) is 9.27. The van der Waals surface area contributed by atoms with Crippen molar-refractivity contribution in [3.8, 4) is 11.5 Å². The summed E-state index contributed by atoms with van der Waals surface area (Å²) < 4.78 is 0. The van der Waals surface area contributed by atoms with Crippen molar-refractivity contribution < 1.29 is 10.2 Å². The molecule has 0 spiro atoms.